The van der Waals surface area contributed by atoms with Crippen molar-refractivity contribution < 1.29 is 15.3 Å². The highest BCUT2D eigenvalue weighted by Crippen LogP contribution is 2.24. The molecule has 0 aliphatic carbocycles. The molecule has 0 saturated carbocycles. The number of rotatable bonds is 4. The third kappa shape index (κ3) is 3.28. The predicted molar refractivity (Wildman–Crippen MR) is 61.5 cm³/mol. The van der Waals surface area contributed by atoms with Crippen molar-refractivity contribution in [3.8, 4) is 0 Å². The molecule has 0 aliphatic rings. The van der Waals surface area contributed by atoms with Crippen LogP contribution in [0.25, 0.3) is 0 Å². The zero-order chi connectivity index (χ0) is 11.4. The highest BCUT2D eigenvalue weighted by atomic mass is 79.9. The maximum absolute atomic E-state index is 9.75. The molecule has 2 atom stereocenters. The number of benzene rings is 1. The summed E-state index contributed by atoms with van der Waals surface area (Å²) in [5.74, 6) is 0. The maximum Gasteiger partial charge on any atom is 0.105 e. The lowest BCUT2D eigenvalue weighted by atomic mass is 10.0. The predicted octanol–water partition coefficient (Wildman–Crippen LogP) is 1.53. The van der Waals surface area contributed by atoms with Gasteiger partial charge in [0.25, 0.3) is 0 Å². The summed E-state index contributed by atoms with van der Waals surface area (Å²) in [5.41, 5.74) is 1.72. The lowest BCUT2D eigenvalue weighted by molar-refractivity contribution is 0.00418. The first-order valence-corrected chi connectivity index (χ1v) is 5.58. The van der Waals surface area contributed by atoms with E-state index in [9.17, 15) is 10.2 Å². The number of hydrogen-bond donors (Lipinski definition) is 3. The minimum atomic E-state index is -0.950. The van der Waals surface area contributed by atoms with E-state index in [4.69, 9.17) is 5.11 Å². The number of aliphatic hydroxyl groups is 3. The topological polar surface area (TPSA) is 60.7 Å². The van der Waals surface area contributed by atoms with E-state index in [1.54, 1.807) is 12.1 Å². The molecular formula is C11H15BrO3. The fourth-order valence-corrected chi connectivity index (χ4v) is 1.70. The fourth-order valence-electron chi connectivity index (χ4n) is 1.31. The van der Waals surface area contributed by atoms with Gasteiger partial charge in [0.15, 0.2) is 0 Å². The molecule has 0 fully saturated rings. The summed E-state index contributed by atoms with van der Waals surface area (Å²) >= 11 is 3.36. The first-order valence-electron chi connectivity index (χ1n) is 4.79. The van der Waals surface area contributed by atoms with Gasteiger partial charge in [0.2, 0.25) is 0 Å². The first kappa shape index (κ1) is 12.6. The highest BCUT2D eigenvalue weighted by molar-refractivity contribution is 9.10. The third-order valence-corrected chi connectivity index (χ3v) is 3.18. The van der Waals surface area contributed by atoms with Crippen molar-refractivity contribution >= 4 is 15.9 Å². The highest BCUT2D eigenvalue weighted by Gasteiger charge is 2.18. The number of halogens is 1. The summed E-state index contributed by atoms with van der Waals surface area (Å²) in [6.07, 6.45) is -1.70. The summed E-state index contributed by atoms with van der Waals surface area (Å²) in [6.45, 7) is 1.82. The van der Waals surface area contributed by atoms with Crippen LogP contribution < -0.4 is 0 Å². The molecule has 0 aliphatic heterocycles. The molecule has 4 heteroatoms. The third-order valence-electron chi connectivity index (χ3n) is 2.33. The molecule has 0 heterocycles. The second kappa shape index (κ2) is 5.61. The summed E-state index contributed by atoms with van der Waals surface area (Å²) in [4.78, 5) is 0. The molecule has 2 unspecified atom stereocenters. The van der Waals surface area contributed by atoms with Crippen LogP contribution in [0.2, 0.25) is 0 Å². The summed E-state index contributed by atoms with van der Waals surface area (Å²) < 4.78 is 0.898. The van der Waals surface area contributed by atoms with Crippen LogP contribution in [-0.4, -0.2) is 28.0 Å². The van der Waals surface area contributed by atoms with Gasteiger partial charge in [-0.3, -0.25) is 0 Å². The van der Waals surface area contributed by atoms with Crippen LogP contribution >= 0.6 is 15.9 Å². The molecule has 1 aromatic carbocycles. The molecule has 0 saturated heterocycles. The Kier molecular flexibility index (Phi) is 4.73. The van der Waals surface area contributed by atoms with Gasteiger partial charge in [0.1, 0.15) is 6.10 Å². The summed E-state index contributed by atoms with van der Waals surface area (Å²) in [5, 5.41) is 27.9. The van der Waals surface area contributed by atoms with E-state index in [1.807, 2.05) is 13.0 Å². The van der Waals surface area contributed by atoms with E-state index < -0.39 is 12.2 Å². The van der Waals surface area contributed by atoms with Gasteiger partial charge in [-0.05, 0) is 30.5 Å². The summed E-state index contributed by atoms with van der Waals surface area (Å²) in [7, 11) is 0. The lowest BCUT2D eigenvalue weighted by Crippen LogP contribution is -2.19. The van der Waals surface area contributed by atoms with Crippen molar-refractivity contribution in [3.63, 3.8) is 0 Å². The smallest absolute Gasteiger partial charge is 0.105 e. The SMILES string of the molecule is Cc1ccc(C(O)C(O)CCO)cc1Br. The standard InChI is InChI=1S/C11H15BrO3/c1-7-2-3-8(6-9(7)12)11(15)10(14)4-5-13/h2-3,6,10-11,13-15H,4-5H2,1H3. The van der Waals surface area contributed by atoms with Gasteiger partial charge in [-0.2, -0.15) is 0 Å². The largest absolute Gasteiger partial charge is 0.396 e. The number of aryl methyl sites for hydroxylation is 1. The molecule has 15 heavy (non-hydrogen) atoms. The molecule has 1 aromatic rings. The fraction of sp³-hybridized carbons (Fsp3) is 0.455. The lowest BCUT2D eigenvalue weighted by Gasteiger charge is -2.17. The second-order valence-electron chi connectivity index (χ2n) is 3.53. The van der Waals surface area contributed by atoms with Crippen molar-refractivity contribution in [3.05, 3.63) is 33.8 Å². The molecule has 1 rings (SSSR count). The van der Waals surface area contributed by atoms with Gasteiger partial charge in [-0.1, -0.05) is 28.1 Å². The Balaban J connectivity index is 2.81. The second-order valence-corrected chi connectivity index (χ2v) is 4.39. The van der Waals surface area contributed by atoms with Crippen LogP contribution in [0.5, 0.6) is 0 Å². The van der Waals surface area contributed by atoms with E-state index in [-0.39, 0.29) is 13.0 Å². The molecule has 0 radical (unpaired) electrons. The molecule has 0 aromatic heterocycles. The van der Waals surface area contributed by atoms with Crippen molar-refractivity contribution in [1.29, 1.82) is 0 Å². The van der Waals surface area contributed by atoms with Crippen LogP contribution in [-0.2, 0) is 0 Å². The Hall–Kier alpha value is -0.420. The normalized spacial score (nSPS) is 15.0. The van der Waals surface area contributed by atoms with Gasteiger partial charge < -0.3 is 15.3 Å². The Morgan fingerprint density at radius 3 is 2.53 bits per heavy atom. The monoisotopic (exact) mass is 274 g/mol. The van der Waals surface area contributed by atoms with Crippen LogP contribution in [0, 0.1) is 6.92 Å². The molecule has 84 valence electrons. The van der Waals surface area contributed by atoms with Crippen molar-refractivity contribution in [2.24, 2.45) is 0 Å². The van der Waals surface area contributed by atoms with Crippen LogP contribution in [0.3, 0.4) is 0 Å². The molecule has 0 amide bonds. The zero-order valence-electron chi connectivity index (χ0n) is 8.52. The molecule has 3 N–H and O–H groups in total. The van der Waals surface area contributed by atoms with Crippen molar-refractivity contribution in [2.75, 3.05) is 6.61 Å². The Bertz CT molecular complexity index is 328. The average Bonchev–Trinajstić information content (AvgIpc) is 2.21. The van der Waals surface area contributed by atoms with E-state index in [0.29, 0.717) is 5.56 Å². The van der Waals surface area contributed by atoms with Crippen molar-refractivity contribution in [1.82, 2.24) is 0 Å². The van der Waals surface area contributed by atoms with Crippen LogP contribution in [0.1, 0.15) is 23.7 Å². The minimum Gasteiger partial charge on any atom is -0.396 e. The Labute approximate surface area is 97.5 Å². The average molecular weight is 275 g/mol. The molecule has 3 nitrogen and oxygen atoms in total. The van der Waals surface area contributed by atoms with Gasteiger partial charge in [0.05, 0.1) is 6.10 Å². The Morgan fingerprint density at radius 2 is 2.00 bits per heavy atom. The Morgan fingerprint density at radius 1 is 1.33 bits per heavy atom. The molecular weight excluding hydrogens is 260 g/mol. The van der Waals surface area contributed by atoms with Crippen LogP contribution in [0.15, 0.2) is 22.7 Å². The number of hydrogen-bond acceptors (Lipinski definition) is 3. The number of aliphatic hydroxyl groups excluding tert-OH is 3. The van der Waals surface area contributed by atoms with Gasteiger partial charge >= 0.3 is 0 Å². The van der Waals surface area contributed by atoms with Gasteiger partial charge in [-0.15, -0.1) is 0 Å². The van der Waals surface area contributed by atoms with E-state index >= 15 is 0 Å². The maximum atomic E-state index is 9.75. The van der Waals surface area contributed by atoms with E-state index in [0.717, 1.165) is 10.0 Å². The van der Waals surface area contributed by atoms with Gasteiger partial charge in [0, 0.05) is 11.1 Å². The quantitative estimate of drug-likeness (QED) is 0.781. The van der Waals surface area contributed by atoms with Gasteiger partial charge in [-0.25, -0.2) is 0 Å². The van der Waals surface area contributed by atoms with E-state index in [1.165, 1.54) is 0 Å². The van der Waals surface area contributed by atoms with Crippen molar-refractivity contribution in [2.45, 2.75) is 25.6 Å². The minimum absolute atomic E-state index is 0.134. The first-order chi connectivity index (χ1) is 7.06. The summed E-state index contributed by atoms with van der Waals surface area (Å²) in [6, 6.07) is 5.42. The van der Waals surface area contributed by atoms with Crippen LogP contribution in [0.4, 0.5) is 0 Å². The van der Waals surface area contributed by atoms with E-state index in [2.05, 4.69) is 15.9 Å². The zero-order valence-corrected chi connectivity index (χ0v) is 10.1. The molecule has 0 spiro atoms. The molecule has 0 bridgehead atoms.